The molecule has 1 aliphatic heterocycles. The van der Waals surface area contributed by atoms with Crippen LogP contribution in [0.3, 0.4) is 0 Å². The van der Waals surface area contributed by atoms with Gasteiger partial charge in [0.2, 0.25) is 10.0 Å². The fourth-order valence-corrected chi connectivity index (χ4v) is 5.29. The minimum Gasteiger partial charge on any atom is -0.354 e. The summed E-state index contributed by atoms with van der Waals surface area (Å²) in [6.07, 6.45) is -3.29. The van der Waals surface area contributed by atoms with Gasteiger partial charge in [-0.05, 0) is 30.7 Å². The van der Waals surface area contributed by atoms with Crippen molar-refractivity contribution in [1.82, 2.24) is 9.29 Å². The zero-order chi connectivity index (χ0) is 20.5. The molecular weight excluding hydrogens is 483 g/mol. The molecule has 1 saturated heterocycles. The maximum atomic E-state index is 12.9. The lowest BCUT2D eigenvalue weighted by Gasteiger charge is -2.24. The average Bonchev–Trinajstić information content (AvgIpc) is 2.87. The molecule has 0 spiro atoms. The number of hydrogen-bond acceptors (Lipinski definition) is 4. The van der Waals surface area contributed by atoms with Crippen molar-refractivity contribution >= 4 is 43.4 Å². The average molecular weight is 499 g/mol. The SMILES string of the molecule is O=S(=O)(c1cccc(Br)c1)N1CCCN(c2ncc(C(F)(F)F)cc2Cl)CC1. The second-order valence-electron chi connectivity index (χ2n) is 6.23. The van der Waals surface area contributed by atoms with Crippen molar-refractivity contribution in [2.75, 3.05) is 31.1 Å². The van der Waals surface area contributed by atoms with E-state index in [2.05, 4.69) is 20.9 Å². The number of nitrogens with zero attached hydrogens (tertiary/aromatic N) is 3. The first kappa shape index (κ1) is 21.4. The number of aromatic nitrogens is 1. The van der Waals surface area contributed by atoms with Gasteiger partial charge in [0, 0.05) is 36.8 Å². The van der Waals surface area contributed by atoms with Crippen molar-refractivity contribution in [3.63, 3.8) is 0 Å². The quantitative estimate of drug-likeness (QED) is 0.629. The molecule has 1 aromatic carbocycles. The highest BCUT2D eigenvalue weighted by atomic mass is 79.9. The lowest BCUT2D eigenvalue weighted by atomic mass is 10.2. The Morgan fingerprint density at radius 1 is 1.11 bits per heavy atom. The van der Waals surface area contributed by atoms with Crippen LogP contribution in [-0.4, -0.2) is 43.9 Å². The van der Waals surface area contributed by atoms with Gasteiger partial charge in [0.05, 0.1) is 15.5 Å². The number of halogens is 5. The van der Waals surface area contributed by atoms with E-state index in [0.717, 1.165) is 12.3 Å². The first-order chi connectivity index (χ1) is 13.1. The molecule has 0 atom stereocenters. The van der Waals surface area contributed by atoms with Crippen LogP contribution in [0, 0.1) is 0 Å². The summed E-state index contributed by atoms with van der Waals surface area (Å²) in [5, 5.41) is -0.113. The summed E-state index contributed by atoms with van der Waals surface area (Å²) in [5.41, 5.74) is -0.921. The van der Waals surface area contributed by atoms with E-state index >= 15 is 0 Å². The summed E-state index contributed by atoms with van der Waals surface area (Å²) in [5.74, 6) is 0.219. The maximum absolute atomic E-state index is 12.9. The molecule has 0 radical (unpaired) electrons. The Morgan fingerprint density at radius 2 is 1.86 bits per heavy atom. The molecule has 2 aromatic rings. The highest BCUT2D eigenvalue weighted by molar-refractivity contribution is 9.10. The van der Waals surface area contributed by atoms with Crippen molar-refractivity contribution in [3.05, 3.63) is 51.6 Å². The van der Waals surface area contributed by atoms with Gasteiger partial charge in [0.25, 0.3) is 0 Å². The van der Waals surface area contributed by atoms with Crippen LogP contribution in [0.5, 0.6) is 0 Å². The molecule has 0 bridgehead atoms. The van der Waals surface area contributed by atoms with Gasteiger partial charge >= 0.3 is 6.18 Å². The van der Waals surface area contributed by atoms with E-state index in [-0.39, 0.29) is 28.8 Å². The van der Waals surface area contributed by atoms with Crippen LogP contribution < -0.4 is 4.90 Å². The summed E-state index contributed by atoms with van der Waals surface area (Å²) in [7, 11) is -3.68. The highest BCUT2D eigenvalue weighted by Gasteiger charge is 2.33. The van der Waals surface area contributed by atoms with Crippen molar-refractivity contribution in [2.45, 2.75) is 17.5 Å². The van der Waals surface area contributed by atoms with Crippen molar-refractivity contribution in [1.29, 1.82) is 0 Å². The van der Waals surface area contributed by atoms with Crippen LogP contribution in [0.4, 0.5) is 19.0 Å². The Morgan fingerprint density at radius 3 is 2.50 bits per heavy atom. The number of anilines is 1. The molecule has 0 unspecified atom stereocenters. The Labute approximate surface area is 174 Å². The van der Waals surface area contributed by atoms with Gasteiger partial charge in [-0.1, -0.05) is 33.6 Å². The molecule has 152 valence electrons. The predicted octanol–water partition coefficient (Wildman–Crippen LogP) is 4.42. The number of benzene rings is 1. The van der Waals surface area contributed by atoms with Gasteiger partial charge in [-0.3, -0.25) is 0 Å². The summed E-state index contributed by atoms with van der Waals surface area (Å²) in [6, 6.07) is 7.28. The highest BCUT2D eigenvalue weighted by Crippen LogP contribution is 2.34. The predicted molar refractivity (Wildman–Crippen MR) is 104 cm³/mol. The van der Waals surface area contributed by atoms with Crippen molar-refractivity contribution in [3.8, 4) is 0 Å². The molecular formula is C17H16BrClF3N3O2S. The van der Waals surface area contributed by atoms with Crippen LogP contribution in [-0.2, 0) is 16.2 Å². The summed E-state index contributed by atoms with van der Waals surface area (Å²) >= 11 is 9.29. The minimum absolute atomic E-state index is 0.113. The van der Waals surface area contributed by atoms with Crippen LogP contribution in [0.1, 0.15) is 12.0 Å². The zero-order valence-corrected chi connectivity index (χ0v) is 17.6. The molecule has 28 heavy (non-hydrogen) atoms. The summed E-state index contributed by atoms with van der Waals surface area (Å²) < 4.78 is 66.2. The minimum atomic E-state index is -4.53. The second kappa shape index (κ2) is 8.17. The van der Waals surface area contributed by atoms with Crippen LogP contribution >= 0.6 is 27.5 Å². The van der Waals surface area contributed by atoms with Gasteiger partial charge in [-0.2, -0.15) is 17.5 Å². The number of hydrogen-bond donors (Lipinski definition) is 0. The molecule has 5 nitrogen and oxygen atoms in total. The third kappa shape index (κ3) is 4.61. The molecule has 0 N–H and O–H groups in total. The normalized spacial score (nSPS) is 16.8. The molecule has 0 amide bonds. The molecule has 1 fully saturated rings. The van der Waals surface area contributed by atoms with Gasteiger partial charge in [0.1, 0.15) is 5.82 Å². The molecule has 2 heterocycles. The Hall–Kier alpha value is -1.36. The Bertz CT molecular complexity index is 972. The van der Waals surface area contributed by atoms with Crippen LogP contribution in [0.25, 0.3) is 0 Å². The first-order valence-electron chi connectivity index (χ1n) is 8.32. The molecule has 1 aromatic heterocycles. The van der Waals surface area contributed by atoms with Crippen molar-refractivity contribution in [2.24, 2.45) is 0 Å². The fraction of sp³-hybridized carbons (Fsp3) is 0.353. The van der Waals surface area contributed by atoms with E-state index < -0.39 is 21.8 Å². The Kier molecular flexibility index (Phi) is 6.23. The lowest BCUT2D eigenvalue weighted by molar-refractivity contribution is -0.137. The van der Waals surface area contributed by atoms with Gasteiger partial charge in [-0.15, -0.1) is 0 Å². The smallest absolute Gasteiger partial charge is 0.354 e. The van der Waals surface area contributed by atoms with E-state index in [1.165, 1.54) is 16.4 Å². The topological polar surface area (TPSA) is 53.5 Å². The van der Waals surface area contributed by atoms with Crippen LogP contribution in [0.15, 0.2) is 45.9 Å². The van der Waals surface area contributed by atoms with E-state index in [0.29, 0.717) is 24.0 Å². The number of rotatable bonds is 3. The van der Waals surface area contributed by atoms with Crippen LogP contribution in [0.2, 0.25) is 5.02 Å². The number of pyridine rings is 1. The fourth-order valence-electron chi connectivity index (χ4n) is 2.94. The third-order valence-electron chi connectivity index (χ3n) is 4.34. The third-order valence-corrected chi connectivity index (χ3v) is 7.00. The van der Waals surface area contributed by atoms with Crippen molar-refractivity contribution < 1.29 is 21.6 Å². The number of alkyl halides is 3. The molecule has 11 heteroatoms. The van der Waals surface area contributed by atoms with E-state index in [1.807, 2.05) is 0 Å². The second-order valence-corrected chi connectivity index (χ2v) is 9.49. The van der Waals surface area contributed by atoms with E-state index in [4.69, 9.17) is 11.6 Å². The molecule has 0 saturated carbocycles. The van der Waals surface area contributed by atoms with E-state index in [1.54, 1.807) is 17.0 Å². The van der Waals surface area contributed by atoms with E-state index in [9.17, 15) is 21.6 Å². The standard InChI is InChI=1S/C17H16BrClF3N3O2S/c18-13-3-1-4-14(10-13)28(26,27)25-6-2-5-24(7-8-25)16-15(19)9-12(11-23-16)17(20,21)22/h1,3-4,9-11H,2,5-8H2. The molecule has 1 aliphatic rings. The van der Waals surface area contributed by atoms with Gasteiger partial charge < -0.3 is 4.90 Å². The first-order valence-corrected chi connectivity index (χ1v) is 10.9. The largest absolute Gasteiger partial charge is 0.417 e. The number of sulfonamides is 1. The zero-order valence-electron chi connectivity index (χ0n) is 14.5. The van der Waals surface area contributed by atoms with Gasteiger partial charge in [0.15, 0.2) is 0 Å². The maximum Gasteiger partial charge on any atom is 0.417 e. The Balaban J connectivity index is 1.79. The monoisotopic (exact) mass is 497 g/mol. The summed E-state index contributed by atoms with van der Waals surface area (Å²) in [6.45, 7) is 1.17. The lowest BCUT2D eigenvalue weighted by Crippen LogP contribution is -2.35. The summed E-state index contributed by atoms with van der Waals surface area (Å²) in [4.78, 5) is 5.76. The van der Waals surface area contributed by atoms with Gasteiger partial charge in [-0.25, -0.2) is 13.4 Å². The molecule has 3 rings (SSSR count). The molecule has 0 aliphatic carbocycles.